The van der Waals surface area contributed by atoms with Crippen LogP contribution in [0.4, 0.5) is 0 Å². The van der Waals surface area contributed by atoms with E-state index >= 15 is 0 Å². The van der Waals surface area contributed by atoms with E-state index in [1.807, 2.05) is 0 Å². The molecule has 0 aliphatic heterocycles. The highest BCUT2D eigenvalue weighted by molar-refractivity contribution is 6.82. The summed E-state index contributed by atoms with van der Waals surface area (Å²) in [5.41, 5.74) is 2.33. The number of nitrogens with zero attached hydrogens (tertiary/aromatic N) is 1. The van der Waals surface area contributed by atoms with Gasteiger partial charge in [-0.2, -0.15) is 0 Å². The highest BCUT2D eigenvalue weighted by Crippen LogP contribution is 2.29. The molecule has 0 aromatic rings. The standard InChI is InChI=1S/C14H31NSi/c1-8-11-16(10-3,12-9-2)15(13(4)5)14(6)7/h10,13-14H,3,8-9,11-12H2,1-2,4-7H3. The highest BCUT2D eigenvalue weighted by Gasteiger charge is 2.37. The van der Waals surface area contributed by atoms with E-state index in [2.05, 4.69) is 58.4 Å². The third kappa shape index (κ3) is 3.74. The van der Waals surface area contributed by atoms with Crippen molar-refractivity contribution in [3.8, 4) is 0 Å². The van der Waals surface area contributed by atoms with Crippen molar-refractivity contribution in [1.82, 2.24) is 4.57 Å². The van der Waals surface area contributed by atoms with E-state index in [0.717, 1.165) is 0 Å². The van der Waals surface area contributed by atoms with Gasteiger partial charge in [0, 0.05) is 0 Å². The fourth-order valence-corrected chi connectivity index (χ4v) is 8.36. The molecule has 0 fully saturated rings. The summed E-state index contributed by atoms with van der Waals surface area (Å²) in [5, 5.41) is 0. The maximum absolute atomic E-state index is 4.18. The summed E-state index contributed by atoms with van der Waals surface area (Å²) in [6, 6.07) is 4.01. The van der Waals surface area contributed by atoms with Crippen molar-refractivity contribution in [3.63, 3.8) is 0 Å². The summed E-state index contributed by atoms with van der Waals surface area (Å²) < 4.78 is 2.77. The van der Waals surface area contributed by atoms with Crippen LogP contribution in [-0.4, -0.2) is 24.9 Å². The molecule has 0 bridgehead atoms. The molecule has 0 saturated carbocycles. The summed E-state index contributed by atoms with van der Waals surface area (Å²) in [6.07, 6.45) is 2.57. The molecule has 0 aliphatic carbocycles. The average Bonchev–Trinajstić information content (AvgIpc) is 2.17. The van der Waals surface area contributed by atoms with Crippen LogP contribution in [0.3, 0.4) is 0 Å². The van der Waals surface area contributed by atoms with Gasteiger partial charge in [-0.3, -0.25) is 0 Å². The molecule has 0 N–H and O–H groups in total. The molecule has 0 aromatic heterocycles. The maximum Gasteiger partial charge on any atom is 0.152 e. The topological polar surface area (TPSA) is 3.24 Å². The molecule has 96 valence electrons. The number of rotatable bonds is 8. The van der Waals surface area contributed by atoms with Crippen LogP contribution in [0.1, 0.15) is 54.4 Å². The Morgan fingerprint density at radius 3 is 1.56 bits per heavy atom. The first kappa shape index (κ1) is 15.9. The van der Waals surface area contributed by atoms with Gasteiger partial charge in [0.15, 0.2) is 8.24 Å². The van der Waals surface area contributed by atoms with Gasteiger partial charge in [0.25, 0.3) is 0 Å². The Balaban J connectivity index is 5.14. The van der Waals surface area contributed by atoms with E-state index in [4.69, 9.17) is 0 Å². The Morgan fingerprint density at radius 2 is 1.38 bits per heavy atom. The predicted octanol–water partition coefficient (Wildman–Crippen LogP) is 4.60. The predicted molar refractivity (Wildman–Crippen MR) is 78.3 cm³/mol. The molecule has 16 heavy (non-hydrogen) atoms. The Kier molecular flexibility index (Phi) is 7.25. The molecule has 0 amide bonds. The van der Waals surface area contributed by atoms with Crippen molar-refractivity contribution in [1.29, 1.82) is 0 Å². The van der Waals surface area contributed by atoms with Gasteiger partial charge in [-0.1, -0.05) is 60.1 Å². The van der Waals surface area contributed by atoms with E-state index in [1.54, 1.807) is 0 Å². The molecule has 0 unspecified atom stereocenters. The second kappa shape index (κ2) is 7.28. The van der Waals surface area contributed by atoms with Gasteiger partial charge in [0.05, 0.1) is 0 Å². The van der Waals surface area contributed by atoms with Crippen LogP contribution >= 0.6 is 0 Å². The van der Waals surface area contributed by atoms with E-state index in [9.17, 15) is 0 Å². The second-order valence-electron chi connectivity index (χ2n) is 5.40. The van der Waals surface area contributed by atoms with Crippen LogP contribution in [0.5, 0.6) is 0 Å². The molecule has 1 nitrogen and oxygen atoms in total. The largest absolute Gasteiger partial charge is 0.316 e. The van der Waals surface area contributed by atoms with Crippen molar-refractivity contribution in [3.05, 3.63) is 12.3 Å². The zero-order chi connectivity index (χ0) is 12.8. The molecule has 0 aliphatic rings. The minimum Gasteiger partial charge on any atom is -0.316 e. The second-order valence-corrected chi connectivity index (χ2v) is 9.53. The van der Waals surface area contributed by atoms with Crippen LogP contribution in [-0.2, 0) is 0 Å². The normalized spacial score (nSPS) is 12.8. The minimum absolute atomic E-state index is 0.641. The van der Waals surface area contributed by atoms with E-state index in [0.29, 0.717) is 12.1 Å². The number of hydrogen-bond donors (Lipinski definition) is 0. The molecule has 0 aromatic carbocycles. The Bertz CT molecular complexity index is 185. The summed E-state index contributed by atoms with van der Waals surface area (Å²) >= 11 is 0. The molecule has 0 rings (SSSR count). The summed E-state index contributed by atoms with van der Waals surface area (Å²) in [4.78, 5) is 0. The van der Waals surface area contributed by atoms with Crippen LogP contribution < -0.4 is 0 Å². The van der Waals surface area contributed by atoms with E-state index in [1.165, 1.54) is 24.9 Å². The van der Waals surface area contributed by atoms with Gasteiger partial charge in [0.2, 0.25) is 0 Å². The van der Waals surface area contributed by atoms with Crippen LogP contribution in [0.15, 0.2) is 12.3 Å². The highest BCUT2D eigenvalue weighted by atomic mass is 28.3. The van der Waals surface area contributed by atoms with Gasteiger partial charge in [-0.05, 0) is 24.2 Å². The lowest BCUT2D eigenvalue weighted by Gasteiger charge is -2.46. The molecular weight excluding hydrogens is 210 g/mol. The monoisotopic (exact) mass is 241 g/mol. The van der Waals surface area contributed by atoms with Crippen molar-refractivity contribution in [2.24, 2.45) is 0 Å². The Morgan fingerprint density at radius 1 is 1.00 bits per heavy atom. The summed E-state index contributed by atoms with van der Waals surface area (Å²) in [7, 11) is -1.43. The van der Waals surface area contributed by atoms with Gasteiger partial charge < -0.3 is 4.57 Å². The molecule has 0 spiro atoms. The molecular formula is C14H31NSi. The van der Waals surface area contributed by atoms with Crippen molar-refractivity contribution in [2.45, 2.75) is 78.6 Å². The quantitative estimate of drug-likeness (QED) is 0.562. The van der Waals surface area contributed by atoms with Crippen molar-refractivity contribution >= 4 is 8.24 Å². The molecule has 0 radical (unpaired) electrons. The fraction of sp³-hybridized carbons (Fsp3) is 0.857. The molecule has 2 heteroatoms. The van der Waals surface area contributed by atoms with Crippen LogP contribution in [0.2, 0.25) is 12.1 Å². The smallest absolute Gasteiger partial charge is 0.152 e. The maximum atomic E-state index is 4.18. The zero-order valence-corrected chi connectivity index (χ0v) is 13.2. The van der Waals surface area contributed by atoms with E-state index in [-0.39, 0.29) is 0 Å². The van der Waals surface area contributed by atoms with Crippen LogP contribution in [0.25, 0.3) is 0 Å². The van der Waals surface area contributed by atoms with Crippen molar-refractivity contribution in [2.75, 3.05) is 0 Å². The average molecular weight is 241 g/mol. The third-order valence-corrected chi connectivity index (χ3v) is 8.93. The van der Waals surface area contributed by atoms with Gasteiger partial charge in [0.1, 0.15) is 0 Å². The zero-order valence-electron chi connectivity index (χ0n) is 12.2. The fourth-order valence-electron chi connectivity index (χ4n) is 3.18. The molecule has 0 atom stereocenters. The lowest BCUT2D eigenvalue weighted by molar-refractivity contribution is 0.292. The van der Waals surface area contributed by atoms with Gasteiger partial charge in [-0.25, -0.2) is 0 Å². The Hall–Kier alpha value is -0.0831. The molecule has 0 saturated heterocycles. The summed E-state index contributed by atoms with van der Waals surface area (Å²) in [5.74, 6) is 0. The van der Waals surface area contributed by atoms with Gasteiger partial charge in [-0.15, -0.1) is 6.58 Å². The van der Waals surface area contributed by atoms with Crippen LogP contribution in [0, 0.1) is 0 Å². The minimum atomic E-state index is -1.43. The molecule has 0 heterocycles. The van der Waals surface area contributed by atoms with Crippen molar-refractivity contribution < 1.29 is 0 Å². The lowest BCUT2D eigenvalue weighted by Crippen LogP contribution is -2.58. The Labute approximate surface area is 104 Å². The number of hydrogen-bond acceptors (Lipinski definition) is 1. The SMILES string of the molecule is C=C[Si](CCC)(CCC)N(C(C)C)C(C)C. The summed E-state index contributed by atoms with van der Waals surface area (Å²) in [6.45, 7) is 18.1. The lowest BCUT2D eigenvalue weighted by atomic mass is 10.3. The first-order valence-corrected chi connectivity index (χ1v) is 9.31. The first-order chi connectivity index (χ1) is 7.45. The van der Waals surface area contributed by atoms with Gasteiger partial charge >= 0.3 is 0 Å². The van der Waals surface area contributed by atoms with E-state index < -0.39 is 8.24 Å². The third-order valence-electron chi connectivity index (χ3n) is 3.37. The first-order valence-electron chi connectivity index (χ1n) is 6.87.